The fourth-order valence-electron chi connectivity index (χ4n) is 1.91. The van der Waals surface area contributed by atoms with Crippen LogP contribution in [0.3, 0.4) is 0 Å². The van der Waals surface area contributed by atoms with E-state index in [2.05, 4.69) is 15.9 Å². The number of aryl methyl sites for hydroxylation is 1. The molecule has 1 unspecified atom stereocenters. The van der Waals surface area contributed by atoms with Gasteiger partial charge in [-0.2, -0.15) is 0 Å². The lowest BCUT2D eigenvalue weighted by Crippen LogP contribution is -2.02. The molecule has 2 rings (SSSR count). The van der Waals surface area contributed by atoms with Crippen molar-refractivity contribution in [2.24, 2.45) is 0 Å². The van der Waals surface area contributed by atoms with Crippen LogP contribution < -0.4 is 4.74 Å². The summed E-state index contributed by atoms with van der Waals surface area (Å²) in [6.45, 7) is 4.09. The van der Waals surface area contributed by atoms with Crippen molar-refractivity contribution in [1.29, 1.82) is 0 Å². The lowest BCUT2D eigenvalue weighted by atomic mass is 10.1. The van der Waals surface area contributed by atoms with Crippen LogP contribution in [0, 0.1) is 6.92 Å². The Balaban J connectivity index is 2.20. The Morgan fingerprint density at radius 2 is 2.00 bits per heavy atom. The zero-order valence-electron chi connectivity index (χ0n) is 11.4. The monoisotopic (exact) mass is 354 g/mol. The molecule has 0 spiro atoms. The van der Waals surface area contributed by atoms with Gasteiger partial charge in [-0.05, 0) is 37.6 Å². The van der Waals surface area contributed by atoms with Gasteiger partial charge in [0.2, 0.25) is 0 Å². The van der Waals surface area contributed by atoms with Gasteiger partial charge in [0.25, 0.3) is 0 Å². The molecule has 2 nitrogen and oxygen atoms in total. The van der Waals surface area contributed by atoms with Crippen LogP contribution in [-0.2, 0) is 6.61 Å². The van der Waals surface area contributed by atoms with E-state index in [1.54, 1.807) is 6.92 Å². The average molecular weight is 356 g/mol. The molecule has 0 aliphatic heterocycles. The highest BCUT2D eigenvalue weighted by Gasteiger charge is 2.10. The molecule has 0 bridgehead atoms. The predicted molar refractivity (Wildman–Crippen MR) is 85.3 cm³/mol. The lowest BCUT2D eigenvalue weighted by molar-refractivity contribution is 0.190. The lowest BCUT2D eigenvalue weighted by Gasteiger charge is -2.15. The molecule has 0 saturated heterocycles. The number of benzene rings is 2. The SMILES string of the molecule is Cc1ccc(C(C)O)c(OCc2ccc(Br)cc2Cl)c1. The van der Waals surface area contributed by atoms with Crippen molar-refractivity contribution < 1.29 is 9.84 Å². The fourth-order valence-corrected chi connectivity index (χ4v) is 2.63. The third-order valence-electron chi connectivity index (χ3n) is 3.02. The van der Waals surface area contributed by atoms with Gasteiger partial charge in [0.1, 0.15) is 12.4 Å². The molecule has 0 radical (unpaired) electrons. The molecule has 0 heterocycles. The standard InChI is InChI=1S/C16H16BrClO2/c1-10-3-6-14(11(2)19)16(7-10)20-9-12-4-5-13(17)8-15(12)18/h3-8,11,19H,9H2,1-2H3. The van der Waals surface area contributed by atoms with Gasteiger partial charge in [0.05, 0.1) is 6.10 Å². The van der Waals surface area contributed by atoms with Crippen LogP contribution in [0.1, 0.15) is 29.7 Å². The highest BCUT2D eigenvalue weighted by Crippen LogP contribution is 2.28. The third kappa shape index (κ3) is 3.75. The molecule has 4 heteroatoms. The summed E-state index contributed by atoms with van der Waals surface area (Å²) in [6.07, 6.45) is -0.564. The normalized spacial score (nSPS) is 12.2. The van der Waals surface area contributed by atoms with Gasteiger partial charge in [-0.25, -0.2) is 0 Å². The van der Waals surface area contributed by atoms with E-state index in [-0.39, 0.29) is 0 Å². The topological polar surface area (TPSA) is 29.5 Å². The van der Waals surface area contributed by atoms with Crippen LogP contribution in [0.2, 0.25) is 5.02 Å². The second-order valence-electron chi connectivity index (χ2n) is 4.74. The maximum atomic E-state index is 9.77. The zero-order valence-corrected chi connectivity index (χ0v) is 13.7. The van der Waals surface area contributed by atoms with E-state index in [0.29, 0.717) is 17.4 Å². The Bertz CT molecular complexity index is 611. The average Bonchev–Trinajstić information content (AvgIpc) is 2.37. The van der Waals surface area contributed by atoms with Crippen molar-refractivity contribution in [3.05, 3.63) is 62.6 Å². The van der Waals surface area contributed by atoms with Gasteiger partial charge in [0, 0.05) is 20.6 Å². The summed E-state index contributed by atoms with van der Waals surface area (Å²) in [5.74, 6) is 0.694. The Morgan fingerprint density at radius 3 is 2.65 bits per heavy atom. The molecule has 0 aromatic heterocycles. The fraction of sp³-hybridized carbons (Fsp3) is 0.250. The van der Waals surface area contributed by atoms with Gasteiger partial charge < -0.3 is 9.84 Å². The summed E-state index contributed by atoms with van der Waals surface area (Å²) in [6, 6.07) is 11.5. The Hall–Kier alpha value is -1.03. The summed E-state index contributed by atoms with van der Waals surface area (Å²) in [5.41, 5.74) is 2.78. The molecule has 0 fully saturated rings. The second-order valence-corrected chi connectivity index (χ2v) is 6.06. The third-order valence-corrected chi connectivity index (χ3v) is 3.86. The van der Waals surface area contributed by atoms with Crippen molar-refractivity contribution in [2.45, 2.75) is 26.6 Å². The van der Waals surface area contributed by atoms with E-state index in [0.717, 1.165) is 21.2 Å². The highest BCUT2D eigenvalue weighted by atomic mass is 79.9. The van der Waals surface area contributed by atoms with Gasteiger partial charge in [-0.15, -0.1) is 0 Å². The van der Waals surface area contributed by atoms with Crippen LogP contribution in [0.5, 0.6) is 5.75 Å². The predicted octanol–water partition coefficient (Wildman–Crippen LogP) is 5.04. The van der Waals surface area contributed by atoms with Crippen LogP contribution in [0.15, 0.2) is 40.9 Å². The molecule has 1 atom stereocenters. The van der Waals surface area contributed by atoms with Crippen molar-refractivity contribution in [2.75, 3.05) is 0 Å². The summed E-state index contributed by atoms with van der Waals surface area (Å²) in [4.78, 5) is 0. The van der Waals surface area contributed by atoms with Gasteiger partial charge in [-0.1, -0.05) is 45.7 Å². The van der Waals surface area contributed by atoms with E-state index in [1.165, 1.54) is 0 Å². The molecular weight excluding hydrogens is 340 g/mol. The molecule has 0 amide bonds. The van der Waals surface area contributed by atoms with E-state index in [9.17, 15) is 5.11 Å². The molecule has 20 heavy (non-hydrogen) atoms. The molecule has 106 valence electrons. The van der Waals surface area contributed by atoms with Gasteiger partial charge in [-0.3, -0.25) is 0 Å². The van der Waals surface area contributed by atoms with Gasteiger partial charge >= 0.3 is 0 Å². The second kappa shape index (κ2) is 6.61. The number of aliphatic hydroxyl groups is 1. The molecule has 2 aromatic rings. The maximum Gasteiger partial charge on any atom is 0.125 e. The summed E-state index contributed by atoms with van der Waals surface area (Å²) >= 11 is 9.54. The minimum absolute atomic E-state index is 0.370. The zero-order chi connectivity index (χ0) is 14.7. The summed E-state index contributed by atoms with van der Waals surface area (Å²) < 4.78 is 6.76. The Morgan fingerprint density at radius 1 is 1.25 bits per heavy atom. The molecule has 2 aromatic carbocycles. The Labute approximate surface area is 132 Å². The van der Waals surface area contributed by atoms with Crippen molar-refractivity contribution >= 4 is 27.5 Å². The minimum atomic E-state index is -0.564. The van der Waals surface area contributed by atoms with Gasteiger partial charge in [0.15, 0.2) is 0 Å². The molecule has 0 aliphatic carbocycles. The molecule has 0 aliphatic rings. The molecular formula is C16H16BrClO2. The van der Waals surface area contributed by atoms with Crippen LogP contribution in [0.25, 0.3) is 0 Å². The summed E-state index contributed by atoms with van der Waals surface area (Å²) in [5, 5.41) is 10.4. The first kappa shape index (κ1) is 15.4. The summed E-state index contributed by atoms with van der Waals surface area (Å²) in [7, 11) is 0. The first-order valence-corrected chi connectivity index (χ1v) is 7.50. The smallest absolute Gasteiger partial charge is 0.125 e. The molecule has 1 N–H and O–H groups in total. The number of rotatable bonds is 4. The number of ether oxygens (including phenoxy) is 1. The number of hydrogen-bond acceptors (Lipinski definition) is 2. The Kier molecular flexibility index (Phi) is 5.08. The van der Waals surface area contributed by atoms with Crippen LogP contribution in [-0.4, -0.2) is 5.11 Å². The number of hydrogen-bond donors (Lipinski definition) is 1. The van der Waals surface area contributed by atoms with E-state index in [4.69, 9.17) is 16.3 Å². The van der Waals surface area contributed by atoms with E-state index < -0.39 is 6.10 Å². The number of aliphatic hydroxyl groups excluding tert-OH is 1. The van der Waals surface area contributed by atoms with E-state index in [1.807, 2.05) is 43.3 Å². The van der Waals surface area contributed by atoms with Crippen molar-refractivity contribution in [1.82, 2.24) is 0 Å². The highest BCUT2D eigenvalue weighted by molar-refractivity contribution is 9.10. The largest absolute Gasteiger partial charge is 0.488 e. The minimum Gasteiger partial charge on any atom is -0.488 e. The first-order valence-electron chi connectivity index (χ1n) is 6.32. The maximum absolute atomic E-state index is 9.77. The quantitative estimate of drug-likeness (QED) is 0.832. The van der Waals surface area contributed by atoms with Crippen molar-refractivity contribution in [3.63, 3.8) is 0 Å². The first-order chi connectivity index (χ1) is 9.47. The van der Waals surface area contributed by atoms with Crippen LogP contribution >= 0.6 is 27.5 Å². The van der Waals surface area contributed by atoms with Crippen LogP contribution in [0.4, 0.5) is 0 Å². The number of halogens is 2. The van der Waals surface area contributed by atoms with Crippen molar-refractivity contribution in [3.8, 4) is 5.75 Å². The molecule has 0 saturated carbocycles. The van der Waals surface area contributed by atoms with E-state index >= 15 is 0 Å².